The number of ether oxygens (including phenoxy) is 1. The predicted molar refractivity (Wildman–Crippen MR) is 96.4 cm³/mol. The number of hydrogen-bond acceptors (Lipinski definition) is 3. The van der Waals surface area contributed by atoms with E-state index in [1.54, 1.807) is 31.4 Å². The first-order valence-electron chi connectivity index (χ1n) is 6.90. The van der Waals surface area contributed by atoms with Crippen molar-refractivity contribution in [3.8, 4) is 5.75 Å². The third-order valence-electron chi connectivity index (χ3n) is 3.04. The first-order chi connectivity index (χ1) is 11.8. The first kappa shape index (κ1) is 19.0. The average molecular weight is 388 g/mol. The van der Waals surface area contributed by atoms with Crippen LogP contribution in [0.1, 0.15) is 11.1 Å². The van der Waals surface area contributed by atoms with Crippen LogP contribution < -0.4 is 15.5 Å². The molecular formula is C16H13ClF3N3OS. The van der Waals surface area contributed by atoms with Gasteiger partial charge in [-0.3, -0.25) is 5.43 Å². The van der Waals surface area contributed by atoms with Crippen molar-refractivity contribution in [3.05, 3.63) is 58.6 Å². The molecule has 9 heteroatoms. The summed E-state index contributed by atoms with van der Waals surface area (Å²) in [5.74, 6) is 0.710. The van der Waals surface area contributed by atoms with Gasteiger partial charge in [-0.25, -0.2) is 0 Å². The lowest BCUT2D eigenvalue weighted by Crippen LogP contribution is -2.24. The molecule has 0 spiro atoms. The van der Waals surface area contributed by atoms with Crippen molar-refractivity contribution in [2.24, 2.45) is 5.10 Å². The lowest BCUT2D eigenvalue weighted by atomic mass is 10.2. The number of rotatable bonds is 4. The normalized spacial score (nSPS) is 11.4. The second-order valence-corrected chi connectivity index (χ2v) is 5.61. The molecule has 0 radical (unpaired) electrons. The number of benzene rings is 2. The second kappa shape index (κ2) is 8.17. The van der Waals surface area contributed by atoms with Gasteiger partial charge >= 0.3 is 6.18 Å². The molecule has 0 bridgehead atoms. The Morgan fingerprint density at radius 3 is 2.48 bits per heavy atom. The number of anilines is 1. The molecule has 0 aliphatic rings. The SMILES string of the molecule is COc1ccc(/C=N\NC(=S)Nc2cc(C(F)(F)F)ccc2Cl)cc1. The average Bonchev–Trinajstić information content (AvgIpc) is 2.56. The lowest BCUT2D eigenvalue weighted by molar-refractivity contribution is -0.137. The molecule has 2 N–H and O–H groups in total. The van der Waals surface area contributed by atoms with E-state index in [-0.39, 0.29) is 15.8 Å². The van der Waals surface area contributed by atoms with Gasteiger partial charge in [0.1, 0.15) is 5.75 Å². The van der Waals surface area contributed by atoms with Gasteiger partial charge < -0.3 is 10.1 Å². The van der Waals surface area contributed by atoms with Gasteiger partial charge in [0, 0.05) is 0 Å². The van der Waals surface area contributed by atoms with Crippen LogP contribution in [0, 0.1) is 0 Å². The van der Waals surface area contributed by atoms with Crippen LogP contribution in [-0.2, 0) is 6.18 Å². The fourth-order valence-corrected chi connectivity index (χ4v) is 2.13. The predicted octanol–water partition coefficient (Wildman–Crippen LogP) is 4.69. The lowest BCUT2D eigenvalue weighted by Gasteiger charge is -2.12. The van der Waals surface area contributed by atoms with Crippen LogP contribution in [0.3, 0.4) is 0 Å². The highest BCUT2D eigenvalue weighted by atomic mass is 35.5. The van der Waals surface area contributed by atoms with E-state index in [0.717, 1.165) is 23.8 Å². The van der Waals surface area contributed by atoms with E-state index in [1.807, 2.05) is 0 Å². The number of methoxy groups -OCH3 is 1. The molecule has 132 valence electrons. The fourth-order valence-electron chi connectivity index (χ4n) is 1.80. The molecule has 0 aliphatic heterocycles. The maximum atomic E-state index is 12.7. The summed E-state index contributed by atoms with van der Waals surface area (Å²) >= 11 is 10.9. The Hall–Kier alpha value is -2.32. The van der Waals surface area contributed by atoms with Crippen molar-refractivity contribution >= 4 is 40.8 Å². The highest BCUT2D eigenvalue weighted by Gasteiger charge is 2.31. The zero-order chi connectivity index (χ0) is 18.4. The highest BCUT2D eigenvalue weighted by molar-refractivity contribution is 7.80. The topological polar surface area (TPSA) is 45.6 Å². The van der Waals surface area contributed by atoms with Gasteiger partial charge in [-0.1, -0.05) is 11.6 Å². The van der Waals surface area contributed by atoms with E-state index in [9.17, 15) is 13.2 Å². The minimum Gasteiger partial charge on any atom is -0.497 e. The van der Waals surface area contributed by atoms with Crippen LogP contribution in [-0.4, -0.2) is 18.4 Å². The Bertz CT molecular complexity index is 779. The highest BCUT2D eigenvalue weighted by Crippen LogP contribution is 2.33. The Morgan fingerprint density at radius 2 is 1.88 bits per heavy atom. The van der Waals surface area contributed by atoms with Crippen LogP contribution in [0.5, 0.6) is 5.75 Å². The molecule has 4 nitrogen and oxygen atoms in total. The molecule has 0 fully saturated rings. The summed E-state index contributed by atoms with van der Waals surface area (Å²) in [5, 5.41) is 6.60. The van der Waals surface area contributed by atoms with Crippen molar-refractivity contribution < 1.29 is 17.9 Å². The Kier molecular flexibility index (Phi) is 6.22. The molecule has 0 aromatic heterocycles. The summed E-state index contributed by atoms with van der Waals surface area (Å²) in [4.78, 5) is 0. The van der Waals surface area contributed by atoms with Crippen LogP contribution in [0.15, 0.2) is 47.6 Å². The monoisotopic (exact) mass is 387 g/mol. The number of alkyl halides is 3. The van der Waals surface area contributed by atoms with E-state index in [2.05, 4.69) is 15.8 Å². The van der Waals surface area contributed by atoms with Gasteiger partial charge in [-0.05, 0) is 60.2 Å². The van der Waals surface area contributed by atoms with E-state index in [0.29, 0.717) is 5.75 Å². The van der Waals surface area contributed by atoms with E-state index in [1.165, 1.54) is 6.21 Å². The van der Waals surface area contributed by atoms with Gasteiger partial charge in [-0.2, -0.15) is 18.3 Å². The third-order valence-corrected chi connectivity index (χ3v) is 3.56. The second-order valence-electron chi connectivity index (χ2n) is 4.79. The third kappa shape index (κ3) is 5.61. The Balaban J connectivity index is 1.99. The number of hydrogen-bond donors (Lipinski definition) is 2. The quantitative estimate of drug-likeness (QED) is 0.454. The molecular weight excluding hydrogens is 375 g/mol. The number of hydrazone groups is 1. The zero-order valence-corrected chi connectivity index (χ0v) is 14.5. The van der Waals surface area contributed by atoms with Gasteiger partial charge in [0.25, 0.3) is 0 Å². The fraction of sp³-hybridized carbons (Fsp3) is 0.125. The van der Waals surface area contributed by atoms with Crippen molar-refractivity contribution in [2.75, 3.05) is 12.4 Å². The number of halogens is 4. The molecule has 0 aliphatic carbocycles. The van der Waals surface area contributed by atoms with Crippen LogP contribution >= 0.6 is 23.8 Å². The molecule has 0 heterocycles. The van der Waals surface area contributed by atoms with Crippen molar-refractivity contribution in [3.63, 3.8) is 0 Å². The molecule has 0 saturated heterocycles. The Labute approximate surface area is 152 Å². The summed E-state index contributed by atoms with van der Waals surface area (Å²) in [5.41, 5.74) is 2.50. The molecule has 2 aromatic rings. The van der Waals surface area contributed by atoms with Crippen molar-refractivity contribution in [1.82, 2.24) is 5.43 Å². The zero-order valence-electron chi connectivity index (χ0n) is 12.9. The van der Waals surface area contributed by atoms with Gasteiger partial charge in [0.2, 0.25) is 0 Å². The maximum Gasteiger partial charge on any atom is 0.416 e. The van der Waals surface area contributed by atoms with Crippen LogP contribution in [0.4, 0.5) is 18.9 Å². The van der Waals surface area contributed by atoms with Gasteiger partial charge in [0.15, 0.2) is 5.11 Å². The van der Waals surface area contributed by atoms with Gasteiger partial charge in [-0.15, -0.1) is 0 Å². The smallest absolute Gasteiger partial charge is 0.416 e. The summed E-state index contributed by atoms with van der Waals surface area (Å²) < 4.78 is 43.2. The standard InChI is InChI=1S/C16H13ClF3N3OS/c1-24-12-5-2-10(3-6-12)9-21-23-15(25)22-14-8-11(16(18,19)20)4-7-13(14)17/h2-9H,1H3,(H2,22,23,25)/b21-9-. The minimum atomic E-state index is -4.47. The molecule has 0 saturated carbocycles. The van der Waals surface area contributed by atoms with E-state index >= 15 is 0 Å². The molecule has 0 unspecified atom stereocenters. The summed E-state index contributed by atoms with van der Waals surface area (Å²) in [6, 6.07) is 10.0. The van der Waals surface area contributed by atoms with Crippen LogP contribution in [0.25, 0.3) is 0 Å². The first-order valence-corrected chi connectivity index (χ1v) is 7.69. The summed E-state index contributed by atoms with van der Waals surface area (Å²) in [6.45, 7) is 0. The molecule has 25 heavy (non-hydrogen) atoms. The minimum absolute atomic E-state index is 0.00554. The van der Waals surface area contributed by atoms with Crippen molar-refractivity contribution in [2.45, 2.75) is 6.18 Å². The van der Waals surface area contributed by atoms with Gasteiger partial charge in [0.05, 0.1) is 29.6 Å². The van der Waals surface area contributed by atoms with E-state index < -0.39 is 11.7 Å². The van der Waals surface area contributed by atoms with Crippen molar-refractivity contribution in [1.29, 1.82) is 0 Å². The molecule has 0 atom stereocenters. The molecule has 0 amide bonds. The molecule has 2 aromatic carbocycles. The molecule has 2 rings (SSSR count). The summed E-state index contributed by atoms with van der Waals surface area (Å²) in [7, 11) is 1.56. The summed E-state index contributed by atoms with van der Waals surface area (Å²) in [6.07, 6.45) is -2.97. The largest absolute Gasteiger partial charge is 0.497 e. The maximum absolute atomic E-state index is 12.7. The number of thiocarbonyl (C=S) groups is 1. The van der Waals surface area contributed by atoms with Crippen LogP contribution in [0.2, 0.25) is 5.02 Å². The number of nitrogens with one attached hydrogen (secondary N) is 2. The van der Waals surface area contributed by atoms with E-state index in [4.69, 9.17) is 28.6 Å². The number of nitrogens with zero attached hydrogens (tertiary/aromatic N) is 1. The Morgan fingerprint density at radius 1 is 1.20 bits per heavy atom.